The Bertz CT molecular complexity index is 861. The molecule has 3 nitrogen and oxygen atoms in total. The predicted molar refractivity (Wildman–Crippen MR) is 107 cm³/mol. The predicted octanol–water partition coefficient (Wildman–Crippen LogP) is 5.03. The molecule has 0 spiro atoms. The van der Waals surface area contributed by atoms with Gasteiger partial charge in [0.15, 0.2) is 0 Å². The number of thioether (sulfide) groups is 1. The van der Waals surface area contributed by atoms with Gasteiger partial charge in [-0.15, -0.1) is 34.0 Å². The minimum Gasteiger partial charge on any atom is -0.748 e. The van der Waals surface area contributed by atoms with Crippen LogP contribution in [0.1, 0.15) is 5.56 Å². The molecule has 0 radical (unpaired) electrons. The lowest BCUT2D eigenvalue weighted by Crippen LogP contribution is -2.07. The quantitative estimate of drug-likeness (QED) is 0.383. The number of aryl methyl sites for hydroxylation is 1. The normalized spacial score (nSPS) is 11.9. The molecule has 128 valence electrons. The molecule has 0 aromatic carbocycles. The molecule has 24 heavy (non-hydrogen) atoms. The SMILES string of the molecule is O=S(=O)([O-])CCSCCc1cc(-c2cccs2)sc1-c1cccs1. The number of hydrogen-bond acceptors (Lipinski definition) is 7. The minimum atomic E-state index is -4.10. The first kappa shape index (κ1) is 18.2. The standard InChI is InChI=1S/C16H16O3S5/c17-24(18,19)10-9-20-8-5-12-11-15(13-3-1-6-21-13)23-16(12)14-4-2-7-22-14/h1-4,6-7,11H,5,8-10H2,(H,17,18,19)/p-1. The number of hydrogen-bond donors (Lipinski definition) is 0. The van der Waals surface area contributed by atoms with Gasteiger partial charge in [-0.2, -0.15) is 11.8 Å². The lowest BCUT2D eigenvalue weighted by molar-refractivity contribution is 0.465. The summed E-state index contributed by atoms with van der Waals surface area (Å²) in [6, 6.07) is 10.6. The summed E-state index contributed by atoms with van der Waals surface area (Å²) < 4.78 is 31.9. The Morgan fingerprint density at radius 1 is 1.00 bits per heavy atom. The van der Waals surface area contributed by atoms with Crippen LogP contribution in [0.5, 0.6) is 0 Å². The monoisotopic (exact) mass is 415 g/mol. The van der Waals surface area contributed by atoms with E-state index < -0.39 is 10.1 Å². The highest BCUT2D eigenvalue weighted by molar-refractivity contribution is 8.00. The van der Waals surface area contributed by atoms with Crippen molar-refractivity contribution >= 4 is 55.9 Å². The molecule has 0 aliphatic heterocycles. The van der Waals surface area contributed by atoms with E-state index in [0.29, 0.717) is 5.75 Å². The van der Waals surface area contributed by atoms with E-state index in [0.717, 1.165) is 12.2 Å². The molecule has 0 amide bonds. The van der Waals surface area contributed by atoms with Gasteiger partial charge in [0.05, 0.1) is 10.1 Å². The Morgan fingerprint density at radius 2 is 1.71 bits per heavy atom. The zero-order valence-corrected chi connectivity index (χ0v) is 16.7. The maximum Gasteiger partial charge on any atom is 0.0954 e. The van der Waals surface area contributed by atoms with Gasteiger partial charge in [0, 0.05) is 31.0 Å². The van der Waals surface area contributed by atoms with Crippen molar-refractivity contribution < 1.29 is 13.0 Å². The molecule has 0 aliphatic rings. The fraction of sp³-hybridized carbons (Fsp3) is 0.250. The van der Waals surface area contributed by atoms with Crippen molar-refractivity contribution in [3.63, 3.8) is 0 Å². The van der Waals surface area contributed by atoms with E-state index in [9.17, 15) is 13.0 Å². The topological polar surface area (TPSA) is 57.2 Å². The second kappa shape index (κ2) is 8.16. The Labute approximate surface area is 158 Å². The van der Waals surface area contributed by atoms with E-state index in [1.54, 1.807) is 22.7 Å². The third-order valence-electron chi connectivity index (χ3n) is 3.31. The molecule has 3 heterocycles. The maximum atomic E-state index is 10.6. The second-order valence-corrected chi connectivity index (χ2v) is 10.7. The van der Waals surface area contributed by atoms with Crippen LogP contribution in [0.15, 0.2) is 41.1 Å². The van der Waals surface area contributed by atoms with E-state index in [1.807, 2.05) is 11.3 Å². The molecule has 3 aromatic heterocycles. The lowest BCUT2D eigenvalue weighted by atomic mass is 10.1. The average molecular weight is 416 g/mol. The van der Waals surface area contributed by atoms with Crippen molar-refractivity contribution in [2.24, 2.45) is 0 Å². The molecule has 0 unspecified atom stereocenters. The molecule has 3 aromatic rings. The highest BCUT2D eigenvalue weighted by Gasteiger charge is 2.13. The van der Waals surface area contributed by atoms with Crippen LogP contribution in [0.2, 0.25) is 0 Å². The van der Waals surface area contributed by atoms with Gasteiger partial charge in [0.25, 0.3) is 0 Å². The molecule has 0 aliphatic carbocycles. The highest BCUT2D eigenvalue weighted by atomic mass is 32.2. The smallest absolute Gasteiger partial charge is 0.0954 e. The highest BCUT2D eigenvalue weighted by Crippen LogP contribution is 2.41. The summed E-state index contributed by atoms with van der Waals surface area (Å²) in [5, 5.41) is 4.16. The van der Waals surface area contributed by atoms with Crippen LogP contribution in [0.4, 0.5) is 0 Å². The van der Waals surface area contributed by atoms with E-state index in [2.05, 4.69) is 41.1 Å². The molecular weight excluding hydrogens is 401 g/mol. The largest absolute Gasteiger partial charge is 0.748 e. The summed E-state index contributed by atoms with van der Waals surface area (Å²) in [5.41, 5.74) is 1.29. The van der Waals surface area contributed by atoms with Crippen molar-refractivity contribution in [2.75, 3.05) is 17.3 Å². The molecule has 0 saturated carbocycles. The summed E-state index contributed by atoms with van der Waals surface area (Å²) >= 11 is 6.80. The fourth-order valence-electron chi connectivity index (χ4n) is 2.22. The first-order valence-electron chi connectivity index (χ1n) is 7.25. The van der Waals surface area contributed by atoms with E-state index in [-0.39, 0.29) is 5.75 Å². The molecule has 0 bridgehead atoms. The Morgan fingerprint density at radius 3 is 2.33 bits per heavy atom. The van der Waals surface area contributed by atoms with Crippen molar-refractivity contribution in [3.8, 4) is 19.5 Å². The van der Waals surface area contributed by atoms with Crippen LogP contribution in [-0.2, 0) is 16.5 Å². The maximum absolute atomic E-state index is 10.6. The van der Waals surface area contributed by atoms with Gasteiger partial charge in [0.2, 0.25) is 0 Å². The Hall–Kier alpha value is -0.640. The molecule has 0 saturated heterocycles. The molecule has 3 rings (SSSR count). The van der Waals surface area contributed by atoms with Crippen LogP contribution >= 0.6 is 45.8 Å². The summed E-state index contributed by atoms with van der Waals surface area (Å²) in [4.78, 5) is 5.11. The third-order valence-corrected chi connectivity index (χ3v) is 8.55. The van der Waals surface area contributed by atoms with Crippen LogP contribution in [0, 0.1) is 0 Å². The van der Waals surface area contributed by atoms with Gasteiger partial charge < -0.3 is 4.55 Å². The minimum absolute atomic E-state index is 0.292. The molecule has 0 N–H and O–H groups in total. The van der Waals surface area contributed by atoms with Crippen LogP contribution < -0.4 is 0 Å². The van der Waals surface area contributed by atoms with Crippen molar-refractivity contribution in [1.29, 1.82) is 0 Å². The van der Waals surface area contributed by atoms with Gasteiger partial charge in [-0.3, -0.25) is 0 Å². The van der Waals surface area contributed by atoms with Gasteiger partial charge in [-0.1, -0.05) is 12.1 Å². The second-order valence-electron chi connectivity index (χ2n) is 5.04. The van der Waals surface area contributed by atoms with Crippen molar-refractivity contribution in [1.82, 2.24) is 0 Å². The lowest BCUT2D eigenvalue weighted by Gasteiger charge is -2.06. The number of rotatable bonds is 8. The van der Waals surface area contributed by atoms with Gasteiger partial charge in [-0.05, 0) is 46.7 Å². The molecule has 0 atom stereocenters. The van der Waals surface area contributed by atoms with Crippen LogP contribution in [0.25, 0.3) is 19.5 Å². The molecule has 0 fully saturated rings. The Balaban J connectivity index is 1.71. The van der Waals surface area contributed by atoms with Crippen LogP contribution in [0.3, 0.4) is 0 Å². The zero-order chi connectivity index (χ0) is 17.0. The van der Waals surface area contributed by atoms with Gasteiger partial charge in [0.1, 0.15) is 0 Å². The van der Waals surface area contributed by atoms with Gasteiger partial charge in [-0.25, -0.2) is 8.42 Å². The molecular formula is C16H15O3S5-. The fourth-order valence-corrected chi connectivity index (χ4v) is 7.00. The van der Waals surface area contributed by atoms with Crippen molar-refractivity contribution in [3.05, 3.63) is 46.7 Å². The Kier molecular flexibility index (Phi) is 6.17. The zero-order valence-electron chi connectivity index (χ0n) is 12.6. The van der Waals surface area contributed by atoms with E-state index in [4.69, 9.17) is 0 Å². The molecule has 8 heteroatoms. The summed E-state index contributed by atoms with van der Waals surface area (Å²) in [7, 11) is -4.10. The summed E-state index contributed by atoms with van der Waals surface area (Å²) in [5.74, 6) is 0.885. The van der Waals surface area contributed by atoms with Gasteiger partial charge >= 0.3 is 0 Å². The first-order valence-corrected chi connectivity index (χ1v) is 12.6. The summed E-state index contributed by atoms with van der Waals surface area (Å²) in [6.45, 7) is 0. The van der Waals surface area contributed by atoms with E-state index >= 15 is 0 Å². The average Bonchev–Trinajstić information content (AvgIpc) is 3.26. The first-order chi connectivity index (χ1) is 11.5. The third kappa shape index (κ3) is 4.93. The summed E-state index contributed by atoms with van der Waals surface area (Å²) in [6.07, 6.45) is 0.874. The van der Waals surface area contributed by atoms with Crippen molar-refractivity contribution in [2.45, 2.75) is 6.42 Å². The van der Waals surface area contributed by atoms with Crippen LogP contribution in [-0.4, -0.2) is 30.2 Å². The van der Waals surface area contributed by atoms with E-state index in [1.165, 1.54) is 36.8 Å². The number of thiophene rings is 3.